The first kappa shape index (κ1) is 20.3. The SMILES string of the molecule is Cc1nc(C)c(C(C)C)c(N2CCN(C(=O)COCc3ccccc3)CC2)n1. The van der Waals surface area contributed by atoms with E-state index in [0.29, 0.717) is 25.6 Å². The van der Waals surface area contributed by atoms with E-state index in [4.69, 9.17) is 9.72 Å². The molecule has 1 aromatic heterocycles. The molecule has 0 atom stereocenters. The minimum atomic E-state index is 0.0507. The highest BCUT2D eigenvalue weighted by molar-refractivity contribution is 5.77. The van der Waals surface area contributed by atoms with E-state index < -0.39 is 0 Å². The summed E-state index contributed by atoms with van der Waals surface area (Å²) in [6.45, 7) is 11.9. The lowest BCUT2D eigenvalue weighted by Gasteiger charge is -2.37. The van der Waals surface area contributed by atoms with E-state index in [1.54, 1.807) is 0 Å². The maximum atomic E-state index is 12.5. The summed E-state index contributed by atoms with van der Waals surface area (Å²) < 4.78 is 5.60. The maximum Gasteiger partial charge on any atom is 0.248 e. The van der Waals surface area contributed by atoms with Crippen molar-refractivity contribution >= 4 is 11.7 Å². The number of carbonyl (C=O) groups excluding carboxylic acids is 1. The van der Waals surface area contributed by atoms with Crippen LogP contribution in [0.25, 0.3) is 0 Å². The zero-order valence-corrected chi connectivity index (χ0v) is 17.3. The van der Waals surface area contributed by atoms with Crippen molar-refractivity contribution in [3.8, 4) is 0 Å². The van der Waals surface area contributed by atoms with Gasteiger partial charge in [0.25, 0.3) is 0 Å². The highest BCUT2D eigenvalue weighted by Gasteiger charge is 2.25. The summed E-state index contributed by atoms with van der Waals surface area (Å²) in [6, 6.07) is 9.92. The largest absolute Gasteiger partial charge is 0.367 e. The Morgan fingerprint density at radius 1 is 1.07 bits per heavy atom. The second-order valence-corrected chi connectivity index (χ2v) is 7.59. The van der Waals surface area contributed by atoms with Gasteiger partial charge in [-0.3, -0.25) is 4.79 Å². The topological polar surface area (TPSA) is 58.6 Å². The van der Waals surface area contributed by atoms with Gasteiger partial charge >= 0.3 is 0 Å². The van der Waals surface area contributed by atoms with Crippen molar-refractivity contribution in [3.05, 3.63) is 53.0 Å². The molecule has 1 saturated heterocycles. The standard InChI is InChI=1S/C22H30N4O2/c1-16(2)21-17(3)23-18(4)24-22(21)26-12-10-25(11-13-26)20(27)15-28-14-19-8-6-5-7-9-19/h5-9,16H,10-15H2,1-4H3. The molecule has 1 aromatic carbocycles. The second kappa shape index (κ2) is 9.15. The number of ether oxygens (including phenoxy) is 1. The van der Waals surface area contributed by atoms with Crippen molar-refractivity contribution in [2.24, 2.45) is 0 Å². The predicted molar refractivity (Wildman–Crippen MR) is 110 cm³/mol. The number of benzene rings is 1. The van der Waals surface area contributed by atoms with Crippen molar-refractivity contribution in [2.45, 2.75) is 40.2 Å². The molecule has 150 valence electrons. The molecule has 1 fully saturated rings. The molecule has 6 heteroatoms. The van der Waals surface area contributed by atoms with Crippen LogP contribution in [0.3, 0.4) is 0 Å². The molecule has 1 amide bonds. The molecule has 0 spiro atoms. The van der Waals surface area contributed by atoms with E-state index in [2.05, 4.69) is 30.7 Å². The molecule has 6 nitrogen and oxygen atoms in total. The van der Waals surface area contributed by atoms with Crippen molar-refractivity contribution < 1.29 is 9.53 Å². The maximum absolute atomic E-state index is 12.5. The van der Waals surface area contributed by atoms with Crippen molar-refractivity contribution in [1.29, 1.82) is 0 Å². The van der Waals surface area contributed by atoms with E-state index in [1.807, 2.05) is 42.2 Å². The highest BCUT2D eigenvalue weighted by atomic mass is 16.5. The molecule has 0 saturated carbocycles. The Kier molecular flexibility index (Phi) is 6.62. The first-order chi connectivity index (χ1) is 13.5. The van der Waals surface area contributed by atoms with Crippen molar-refractivity contribution in [2.75, 3.05) is 37.7 Å². The van der Waals surface area contributed by atoms with Gasteiger partial charge in [0.1, 0.15) is 18.2 Å². The molecule has 0 bridgehead atoms. The minimum absolute atomic E-state index is 0.0507. The van der Waals surface area contributed by atoms with Gasteiger partial charge in [0.15, 0.2) is 0 Å². The molecule has 28 heavy (non-hydrogen) atoms. The van der Waals surface area contributed by atoms with Gasteiger partial charge in [0, 0.05) is 37.4 Å². The first-order valence-corrected chi connectivity index (χ1v) is 9.95. The third-order valence-corrected chi connectivity index (χ3v) is 5.07. The molecule has 1 aliphatic rings. The van der Waals surface area contributed by atoms with Crippen LogP contribution in [0.5, 0.6) is 0 Å². The summed E-state index contributed by atoms with van der Waals surface area (Å²) in [6.07, 6.45) is 0. The van der Waals surface area contributed by atoms with Gasteiger partial charge in [0.2, 0.25) is 5.91 Å². The van der Waals surface area contributed by atoms with Crippen LogP contribution in [-0.4, -0.2) is 53.6 Å². The monoisotopic (exact) mass is 382 g/mol. The highest BCUT2D eigenvalue weighted by Crippen LogP contribution is 2.28. The molecule has 0 N–H and O–H groups in total. The van der Waals surface area contributed by atoms with Gasteiger partial charge in [0.05, 0.1) is 6.61 Å². The predicted octanol–water partition coefficient (Wildman–Crippen LogP) is 3.08. The normalized spacial score (nSPS) is 14.6. The second-order valence-electron chi connectivity index (χ2n) is 7.59. The third kappa shape index (κ3) is 4.87. The molecule has 3 rings (SSSR count). The van der Waals surface area contributed by atoms with Crippen molar-refractivity contribution in [3.63, 3.8) is 0 Å². The number of aryl methyl sites for hydroxylation is 2. The fraction of sp³-hybridized carbons (Fsp3) is 0.500. The van der Waals surface area contributed by atoms with Crippen LogP contribution < -0.4 is 4.90 Å². The average Bonchev–Trinajstić information content (AvgIpc) is 2.68. The summed E-state index contributed by atoms with van der Waals surface area (Å²) >= 11 is 0. The van der Waals surface area contributed by atoms with Gasteiger partial charge in [-0.05, 0) is 25.3 Å². The Morgan fingerprint density at radius 3 is 2.39 bits per heavy atom. The number of hydrogen-bond acceptors (Lipinski definition) is 5. The molecule has 0 aliphatic carbocycles. The van der Waals surface area contributed by atoms with Gasteiger partial charge < -0.3 is 14.5 Å². The number of amides is 1. The molecule has 2 heterocycles. The number of hydrogen-bond donors (Lipinski definition) is 0. The van der Waals surface area contributed by atoms with Gasteiger partial charge in [-0.2, -0.15) is 0 Å². The Morgan fingerprint density at radius 2 is 1.75 bits per heavy atom. The van der Waals surface area contributed by atoms with Crippen LogP contribution in [0.4, 0.5) is 5.82 Å². The smallest absolute Gasteiger partial charge is 0.248 e. The Labute approximate surface area is 167 Å². The molecule has 2 aromatic rings. The van der Waals surface area contributed by atoms with E-state index >= 15 is 0 Å². The summed E-state index contributed by atoms with van der Waals surface area (Å²) in [7, 11) is 0. The Bertz CT molecular complexity index is 800. The van der Waals surface area contributed by atoms with E-state index in [-0.39, 0.29) is 12.5 Å². The van der Waals surface area contributed by atoms with E-state index in [9.17, 15) is 4.79 Å². The minimum Gasteiger partial charge on any atom is -0.367 e. The Hall–Kier alpha value is -2.47. The Balaban J connectivity index is 1.55. The number of aromatic nitrogens is 2. The molecule has 0 unspecified atom stereocenters. The number of rotatable bonds is 6. The van der Waals surface area contributed by atoms with Crippen LogP contribution in [-0.2, 0) is 16.1 Å². The lowest BCUT2D eigenvalue weighted by Crippen LogP contribution is -2.50. The molecular weight excluding hydrogens is 352 g/mol. The number of nitrogens with zero attached hydrogens (tertiary/aromatic N) is 4. The van der Waals surface area contributed by atoms with E-state index in [0.717, 1.165) is 36.0 Å². The van der Waals surface area contributed by atoms with Gasteiger partial charge in [-0.25, -0.2) is 9.97 Å². The molecular formula is C22H30N4O2. The third-order valence-electron chi connectivity index (χ3n) is 5.07. The fourth-order valence-electron chi connectivity index (χ4n) is 3.71. The average molecular weight is 383 g/mol. The fourth-order valence-corrected chi connectivity index (χ4v) is 3.71. The van der Waals surface area contributed by atoms with Crippen LogP contribution >= 0.6 is 0 Å². The first-order valence-electron chi connectivity index (χ1n) is 9.95. The summed E-state index contributed by atoms with van der Waals surface area (Å²) in [5.41, 5.74) is 3.33. The van der Waals surface area contributed by atoms with Crippen LogP contribution in [0, 0.1) is 13.8 Å². The van der Waals surface area contributed by atoms with Gasteiger partial charge in [-0.15, -0.1) is 0 Å². The number of piperazine rings is 1. The molecule has 1 aliphatic heterocycles. The van der Waals surface area contributed by atoms with Crippen LogP contribution in [0.2, 0.25) is 0 Å². The zero-order chi connectivity index (χ0) is 20.1. The van der Waals surface area contributed by atoms with Crippen LogP contribution in [0.1, 0.15) is 42.4 Å². The lowest BCUT2D eigenvalue weighted by molar-refractivity contribution is -0.136. The lowest BCUT2D eigenvalue weighted by atomic mass is 10.0. The summed E-state index contributed by atoms with van der Waals surface area (Å²) in [5.74, 6) is 2.23. The quantitative estimate of drug-likeness (QED) is 0.768. The molecule has 0 radical (unpaired) electrons. The number of carbonyl (C=O) groups is 1. The van der Waals surface area contributed by atoms with E-state index in [1.165, 1.54) is 5.56 Å². The summed E-state index contributed by atoms with van der Waals surface area (Å²) in [5, 5.41) is 0. The summed E-state index contributed by atoms with van der Waals surface area (Å²) in [4.78, 5) is 25.9. The zero-order valence-electron chi connectivity index (χ0n) is 17.3. The van der Waals surface area contributed by atoms with Crippen LogP contribution in [0.15, 0.2) is 30.3 Å². The van der Waals surface area contributed by atoms with Crippen molar-refractivity contribution in [1.82, 2.24) is 14.9 Å². The number of anilines is 1. The van der Waals surface area contributed by atoms with Gasteiger partial charge in [-0.1, -0.05) is 44.2 Å².